The van der Waals surface area contributed by atoms with Crippen LogP contribution in [0.4, 0.5) is 16.3 Å². The van der Waals surface area contributed by atoms with Crippen LogP contribution in [0.3, 0.4) is 0 Å². The van der Waals surface area contributed by atoms with E-state index in [1.165, 1.54) is 12.5 Å². The number of aliphatic hydroxyl groups excluding tert-OH is 2. The van der Waals surface area contributed by atoms with Crippen molar-refractivity contribution >= 4 is 28.6 Å². The van der Waals surface area contributed by atoms with Crippen molar-refractivity contribution < 1.29 is 15.0 Å². The molecular weight excluding hydrogens is 324 g/mol. The molecule has 0 aliphatic rings. The lowest BCUT2D eigenvalue weighted by molar-refractivity contribution is 0.155. The van der Waals surface area contributed by atoms with Gasteiger partial charge in [0, 0.05) is 11.9 Å². The number of fused-ring (bicyclic) bond motifs is 1. The molecule has 25 heavy (non-hydrogen) atoms. The molecule has 2 heterocycles. The Hall–Kier alpha value is -3.04. The zero-order chi connectivity index (χ0) is 17.8. The van der Waals surface area contributed by atoms with Gasteiger partial charge in [-0.1, -0.05) is 0 Å². The van der Waals surface area contributed by atoms with Gasteiger partial charge in [-0.25, -0.2) is 19.7 Å². The van der Waals surface area contributed by atoms with E-state index in [9.17, 15) is 15.0 Å². The van der Waals surface area contributed by atoms with Crippen molar-refractivity contribution in [1.29, 1.82) is 0 Å². The predicted molar refractivity (Wildman–Crippen MR) is 92.4 cm³/mol. The highest BCUT2D eigenvalue weighted by Gasteiger charge is 2.16. The third-order valence-corrected chi connectivity index (χ3v) is 3.73. The van der Waals surface area contributed by atoms with Gasteiger partial charge in [0.1, 0.15) is 18.0 Å². The van der Waals surface area contributed by atoms with Gasteiger partial charge in [0.15, 0.2) is 0 Å². The average molecular weight is 342 g/mol. The van der Waals surface area contributed by atoms with E-state index < -0.39 is 12.1 Å². The van der Waals surface area contributed by atoms with Crippen LogP contribution in [0.5, 0.6) is 0 Å². The molecule has 0 unspecified atom stereocenters. The number of carbonyl (C=O) groups excluding carboxylic acids is 1. The number of nitrogens with one attached hydrogen (secondary N) is 2. The van der Waals surface area contributed by atoms with Crippen molar-refractivity contribution in [2.75, 3.05) is 23.8 Å². The largest absolute Gasteiger partial charge is 0.394 e. The number of imidazole rings is 1. The lowest BCUT2D eigenvalue weighted by Gasteiger charge is -2.16. The normalized spacial score (nSPS) is 11.0. The van der Waals surface area contributed by atoms with Gasteiger partial charge >= 0.3 is 6.03 Å². The Morgan fingerprint density at radius 3 is 2.72 bits per heavy atom. The lowest BCUT2D eigenvalue weighted by Crippen LogP contribution is -2.20. The van der Waals surface area contributed by atoms with E-state index in [0.29, 0.717) is 22.8 Å². The van der Waals surface area contributed by atoms with Crippen LogP contribution >= 0.6 is 0 Å². The maximum absolute atomic E-state index is 12.0. The van der Waals surface area contributed by atoms with E-state index in [1.807, 2.05) is 0 Å². The maximum atomic E-state index is 12.0. The number of urea groups is 1. The number of aromatic nitrogens is 4. The molecular formula is C16H18N6O3. The van der Waals surface area contributed by atoms with Crippen molar-refractivity contribution in [1.82, 2.24) is 19.5 Å². The van der Waals surface area contributed by atoms with E-state index >= 15 is 0 Å². The Morgan fingerprint density at radius 2 is 2.04 bits per heavy atom. The van der Waals surface area contributed by atoms with E-state index in [1.54, 1.807) is 35.8 Å². The molecule has 0 saturated heterocycles. The number of hydrogen-bond donors (Lipinski definition) is 4. The minimum atomic E-state index is -0.454. The highest BCUT2D eigenvalue weighted by atomic mass is 16.3. The van der Waals surface area contributed by atoms with Crippen LogP contribution in [0, 0.1) is 6.92 Å². The van der Waals surface area contributed by atoms with Gasteiger partial charge in [-0.3, -0.25) is 5.32 Å². The summed E-state index contributed by atoms with van der Waals surface area (Å²) in [6.07, 6.45) is 2.87. The second-order valence-corrected chi connectivity index (χ2v) is 5.43. The first-order valence-electron chi connectivity index (χ1n) is 7.66. The van der Waals surface area contributed by atoms with Crippen LogP contribution in [0.15, 0.2) is 36.8 Å². The number of aliphatic hydroxyl groups is 2. The molecule has 0 radical (unpaired) electrons. The van der Waals surface area contributed by atoms with Crippen molar-refractivity contribution in [3.8, 4) is 0 Å². The Morgan fingerprint density at radius 1 is 1.24 bits per heavy atom. The fourth-order valence-corrected chi connectivity index (χ4v) is 2.62. The number of amides is 2. The summed E-state index contributed by atoms with van der Waals surface area (Å²) in [5.74, 6) is 1.06. The zero-order valence-electron chi connectivity index (χ0n) is 13.5. The van der Waals surface area contributed by atoms with Crippen LogP contribution in [-0.4, -0.2) is 49.0 Å². The summed E-state index contributed by atoms with van der Waals surface area (Å²) in [5, 5.41) is 24.1. The smallest absolute Gasteiger partial charge is 0.324 e. The summed E-state index contributed by atoms with van der Waals surface area (Å²) in [4.78, 5) is 24.1. The quantitative estimate of drug-likeness (QED) is 0.554. The molecule has 130 valence electrons. The monoisotopic (exact) mass is 342 g/mol. The number of nitrogens with zero attached hydrogens (tertiary/aromatic N) is 4. The van der Waals surface area contributed by atoms with Crippen LogP contribution in [0.2, 0.25) is 0 Å². The standard InChI is InChI=1S/C16H18N6O3/c1-10-19-13-6-11(2-3-14(13)22(10)12(7-23)8-24)20-16(25)21-15-4-5-17-9-18-15/h2-6,9,12,23-24H,7-8H2,1H3,(H2,17,18,20,21,25). The van der Waals surface area contributed by atoms with Gasteiger partial charge in [0.05, 0.1) is 30.3 Å². The lowest BCUT2D eigenvalue weighted by atomic mass is 10.2. The molecule has 4 N–H and O–H groups in total. The molecule has 9 nitrogen and oxygen atoms in total. The third-order valence-electron chi connectivity index (χ3n) is 3.73. The molecule has 3 aromatic rings. The fraction of sp³-hybridized carbons (Fsp3) is 0.250. The van der Waals surface area contributed by atoms with Gasteiger partial charge in [-0.15, -0.1) is 0 Å². The fourth-order valence-electron chi connectivity index (χ4n) is 2.62. The number of rotatable bonds is 5. The molecule has 1 aromatic carbocycles. The minimum absolute atomic E-state index is 0.190. The molecule has 2 amide bonds. The van der Waals surface area contributed by atoms with Gasteiger partial charge in [0.2, 0.25) is 0 Å². The summed E-state index contributed by atoms with van der Waals surface area (Å²) < 4.78 is 1.78. The van der Waals surface area contributed by atoms with E-state index in [0.717, 1.165) is 5.52 Å². The van der Waals surface area contributed by atoms with Gasteiger partial charge in [0.25, 0.3) is 0 Å². The Kier molecular flexibility index (Phi) is 4.87. The molecule has 2 aromatic heterocycles. The average Bonchev–Trinajstić information content (AvgIpc) is 2.92. The van der Waals surface area contributed by atoms with Crippen molar-refractivity contribution in [3.05, 3.63) is 42.6 Å². The van der Waals surface area contributed by atoms with Crippen LogP contribution in [0.1, 0.15) is 11.9 Å². The first-order chi connectivity index (χ1) is 12.1. The SMILES string of the molecule is Cc1nc2cc(NC(=O)Nc3ccncn3)ccc2n1C(CO)CO. The maximum Gasteiger partial charge on any atom is 0.324 e. The molecule has 0 saturated carbocycles. The highest BCUT2D eigenvalue weighted by molar-refractivity contribution is 6.00. The predicted octanol–water partition coefficient (Wildman–Crippen LogP) is 1.30. The molecule has 3 rings (SSSR count). The number of aryl methyl sites for hydroxylation is 1. The summed E-state index contributed by atoms with van der Waals surface area (Å²) in [5.41, 5.74) is 1.99. The molecule has 9 heteroatoms. The molecule has 0 aliphatic carbocycles. The second-order valence-electron chi connectivity index (χ2n) is 5.43. The van der Waals surface area contributed by atoms with Gasteiger partial charge < -0.3 is 20.1 Å². The number of benzene rings is 1. The first-order valence-corrected chi connectivity index (χ1v) is 7.66. The van der Waals surface area contributed by atoms with Crippen molar-refractivity contribution in [2.24, 2.45) is 0 Å². The number of anilines is 2. The second kappa shape index (κ2) is 7.24. The van der Waals surface area contributed by atoms with Gasteiger partial charge in [-0.2, -0.15) is 0 Å². The zero-order valence-corrected chi connectivity index (χ0v) is 13.5. The minimum Gasteiger partial charge on any atom is -0.394 e. The molecule has 0 spiro atoms. The Balaban J connectivity index is 1.81. The van der Waals surface area contributed by atoms with E-state index in [4.69, 9.17) is 0 Å². The summed E-state index contributed by atoms with van der Waals surface area (Å²) in [7, 11) is 0. The molecule has 0 fully saturated rings. The van der Waals surface area contributed by atoms with Crippen LogP contribution in [-0.2, 0) is 0 Å². The molecule has 0 bridgehead atoms. The molecule has 0 aliphatic heterocycles. The van der Waals surface area contributed by atoms with E-state index in [2.05, 4.69) is 25.6 Å². The number of carbonyl (C=O) groups is 1. The van der Waals surface area contributed by atoms with Crippen LogP contribution in [0.25, 0.3) is 11.0 Å². The topological polar surface area (TPSA) is 125 Å². The Labute approximate surface area is 143 Å². The highest BCUT2D eigenvalue weighted by Crippen LogP contribution is 2.24. The summed E-state index contributed by atoms with van der Waals surface area (Å²) >= 11 is 0. The van der Waals surface area contributed by atoms with Crippen molar-refractivity contribution in [2.45, 2.75) is 13.0 Å². The first kappa shape index (κ1) is 16.8. The van der Waals surface area contributed by atoms with Gasteiger partial charge in [-0.05, 0) is 31.2 Å². The van der Waals surface area contributed by atoms with Crippen molar-refractivity contribution in [3.63, 3.8) is 0 Å². The van der Waals surface area contributed by atoms with E-state index in [-0.39, 0.29) is 13.2 Å². The Bertz CT molecular complexity index is 876. The molecule has 0 atom stereocenters. The summed E-state index contributed by atoms with van der Waals surface area (Å²) in [6.45, 7) is 1.42. The third kappa shape index (κ3) is 3.57. The number of hydrogen-bond acceptors (Lipinski definition) is 6. The van der Waals surface area contributed by atoms with Crippen LogP contribution < -0.4 is 10.6 Å². The summed E-state index contributed by atoms with van der Waals surface area (Å²) in [6, 6.07) is 5.93.